The standard InChI is InChI=1S/C13H16BrN3O3S/c14-12-10-3-4-15-11(10)7-16-13(12)17-21(18,19)6-5-20-8-9-1-2-9/h3-4,7,9,15H,1-2,5-6,8H2,(H,16,17). The molecule has 3 rings (SSSR count). The van der Waals surface area contributed by atoms with Gasteiger partial charge in [0.05, 0.1) is 28.5 Å². The van der Waals surface area contributed by atoms with Gasteiger partial charge < -0.3 is 9.72 Å². The van der Waals surface area contributed by atoms with Crippen LogP contribution in [0.15, 0.2) is 22.9 Å². The molecule has 0 bridgehead atoms. The quantitative estimate of drug-likeness (QED) is 0.730. The zero-order valence-corrected chi connectivity index (χ0v) is 13.7. The number of rotatable bonds is 7. The van der Waals surface area contributed by atoms with Crippen LogP contribution in [-0.4, -0.2) is 37.4 Å². The molecule has 0 unspecified atom stereocenters. The Hall–Kier alpha value is -1.12. The maximum Gasteiger partial charge on any atom is 0.236 e. The van der Waals surface area contributed by atoms with Crippen LogP contribution in [0.4, 0.5) is 5.82 Å². The fourth-order valence-electron chi connectivity index (χ4n) is 1.97. The van der Waals surface area contributed by atoms with Gasteiger partial charge in [-0.15, -0.1) is 0 Å². The van der Waals surface area contributed by atoms with E-state index in [9.17, 15) is 8.42 Å². The van der Waals surface area contributed by atoms with Crippen molar-refractivity contribution < 1.29 is 13.2 Å². The van der Waals surface area contributed by atoms with Gasteiger partial charge in [0.25, 0.3) is 0 Å². The first-order valence-electron chi connectivity index (χ1n) is 6.75. The molecule has 0 atom stereocenters. The molecule has 2 N–H and O–H groups in total. The number of nitrogens with zero attached hydrogens (tertiary/aromatic N) is 1. The van der Waals surface area contributed by atoms with Gasteiger partial charge in [-0.1, -0.05) is 0 Å². The zero-order valence-electron chi connectivity index (χ0n) is 11.3. The van der Waals surface area contributed by atoms with E-state index in [1.165, 1.54) is 12.8 Å². The number of H-pyrrole nitrogens is 1. The summed E-state index contributed by atoms with van der Waals surface area (Å²) in [4.78, 5) is 7.14. The highest BCUT2D eigenvalue weighted by Crippen LogP contribution is 2.30. The molecule has 0 aromatic carbocycles. The van der Waals surface area contributed by atoms with Gasteiger partial charge in [0.2, 0.25) is 10.0 Å². The lowest BCUT2D eigenvalue weighted by molar-refractivity contribution is 0.138. The van der Waals surface area contributed by atoms with Crippen molar-refractivity contribution in [2.45, 2.75) is 12.8 Å². The Morgan fingerprint density at radius 1 is 1.48 bits per heavy atom. The largest absolute Gasteiger partial charge is 0.380 e. The van der Waals surface area contributed by atoms with Crippen LogP contribution in [0.25, 0.3) is 10.9 Å². The Morgan fingerprint density at radius 3 is 3.05 bits per heavy atom. The normalized spacial score (nSPS) is 15.5. The zero-order chi connectivity index (χ0) is 14.9. The first kappa shape index (κ1) is 14.8. The topological polar surface area (TPSA) is 84.1 Å². The van der Waals surface area contributed by atoms with E-state index in [-0.39, 0.29) is 12.4 Å². The first-order valence-corrected chi connectivity index (χ1v) is 9.19. The highest BCUT2D eigenvalue weighted by Gasteiger charge is 2.22. The number of ether oxygens (including phenoxy) is 1. The lowest BCUT2D eigenvalue weighted by atomic mass is 10.3. The Bertz CT molecular complexity index is 740. The second kappa shape index (κ2) is 5.94. The van der Waals surface area contributed by atoms with Gasteiger partial charge >= 0.3 is 0 Å². The maximum atomic E-state index is 12.0. The fraction of sp³-hybridized carbons (Fsp3) is 0.462. The molecule has 0 aliphatic heterocycles. The Morgan fingerprint density at radius 2 is 2.29 bits per heavy atom. The molecule has 2 aromatic heterocycles. The van der Waals surface area contributed by atoms with Crippen LogP contribution in [0.5, 0.6) is 0 Å². The van der Waals surface area contributed by atoms with Gasteiger partial charge in [-0.05, 0) is 40.8 Å². The summed E-state index contributed by atoms with van der Waals surface area (Å²) in [5.74, 6) is 0.857. The van der Waals surface area contributed by atoms with Crippen LogP contribution >= 0.6 is 15.9 Å². The molecule has 6 nitrogen and oxygen atoms in total. The van der Waals surface area contributed by atoms with Crippen LogP contribution in [-0.2, 0) is 14.8 Å². The van der Waals surface area contributed by atoms with Crippen molar-refractivity contribution in [2.75, 3.05) is 23.7 Å². The summed E-state index contributed by atoms with van der Waals surface area (Å²) in [6, 6.07) is 1.86. The SMILES string of the molecule is O=S(=O)(CCOCC1CC1)Nc1ncc2[nH]ccc2c1Br. The number of aromatic amines is 1. The number of anilines is 1. The molecule has 1 fully saturated rings. The Balaban J connectivity index is 1.63. The second-order valence-electron chi connectivity index (χ2n) is 5.17. The van der Waals surface area contributed by atoms with Crippen LogP contribution in [0, 0.1) is 5.92 Å². The molecule has 21 heavy (non-hydrogen) atoms. The predicted octanol–water partition coefficient (Wildman–Crippen LogP) is 2.49. The van der Waals surface area contributed by atoms with Crippen LogP contribution in [0.3, 0.4) is 0 Å². The molecule has 1 aliphatic carbocycles. The van der Waals surface area contributed by atoms with E-state index in [4.69, 9.17) is 4.74 Å². The molecule has 0 radical (unpaired) electrons. The molecular weight excluding hydrogens is 358 g/mol. The molecule has 2 aromatic rings. The lowest BCUT2D eigenvalue weighted by Crippen LogP contribution is -2.21. The van der Waals surface area contributed by atoms with E-state index in [1.54, 1.807) is 12.4 Å². The van der Waals surface area contributed by atoms with E-state index in [0.29, 0.717) is 22.8 Å². The highest BCUT2D eigenvalue weighted by atomic mass is 79.9. The molecule has 0 spiro atoms. The number of pyridine rings is 1. The van der Waals surface area contributed by atoms with Crippen molar-refractivity contribution in [3.05, 3.63) is 22.9 Å². The average Bonchev–Trinajstić information content (AvgIpc) is 3.13. The summed E-state index contributed by atoms with van der Waals surface area (Å²) in [6.45, 7) is 0.864. The number of aromatic nitrogens is 2. The smallest absolute Gasteiger partial charge is 0.236 e. The van der Waals surface area contributed by atoms with Crippen LogP contribution in [0.1, 0.15) is 12.8 Å². The van der Waals surface area contributed by atoms with E-state index in [1.807, 2.05) is 6.07 Å². The minimum Gasteiger partial charge on any atom is -0.380 e. The monoisotopic (exact) mass is 373 g/mol. The molecule has 1 saturated carbocycles. The number of halogens is 1. The maximum absolute atomic E-state index is 12.0. The Kier molecular flexibility index (Phi) is 4.19. The average molecular weight is 374 g/mol. The Labute approximate surface area is 131 Å². The highest BCUT2D eigenvalue weighted by molar-refractivity contribution is 9.10. The summed E-state index contributed by atoms with van der Waals surface area (Å²) < 4.78 is 32.5. The van der Waals surface area contributed by atoms with E-state index >= 15 is 0 Å². The second-order valence-corrected chi connectivity index (χ2v) is 7.80. The van der Waals surface area contributed by atoms with Gasteiger partial charge in [-0.2, -0.15) is 0 Å². The summed E-state index contributed by atoms with van der Waals surface area (Å²) in [5.41, 5.74) is 0.845. The van der Waals surface area contributed by atoms with Crippen LogP contribution < -0.4 is 4.72 Å². The van der Waals surface area contributed by atoms with Crippen molar-refractivity contribution in [1.82, 2.24) is 9.97 Å². The first-order chi connectivity index (χ1) is 10.1. The van der Waals surface area contributed by atoms with Crippen molar-refractivity contribution in [3.63, 3.8) is 0 Å². The number of nitrogens with one attached hydrogen (secondary N) is 2. The van der Waals surface area contributed by atoms with Crippen molar-refractivity contribution >= 4 is 42.7 Å². The van der Waals surface area contributed by atoms with Gasteiger partial charge in [-0.25, -0.2) is 13.4 Å². The van der Waals surface area contributed by atoms with Crippen molar-refractivity contribution in [3.8, 4) is 0 Å². The summed E-state index contributed by atoms with van der Waals surface area (Å²) in [7, 11) is -3.46. The van der Waals surface area contributed by atoms with E-state index < -0.39 is 10.0 Å². The number of sulfonamides is 1. The van der Waals surface area contributed by atoms with Crippen molar-refractivity contribution in [1.29, 1.82) is 0 Å². The van der Waals surface area contributed by atoms with Gasteiger partial charge in [0.15, 0.2) is 5.82 Å². The van der Waals surface area contributed by atoms with E-state index in [0.717, 1.165) is 10.9 Å². The number of hydrogen-bond acceptors (Lipinski definition) is 4. The molecule has 0 amide bonds. The van der Waals surface area contributed by atoms with Gasteiger partial charge in [-0.3, -0.25) is 4.72 Å². The third-order valence-corrected chi connectivity index (χ3v) is 5.36. The van der Waals surface area contributed by atoms with Crippen LogP contribution in [0.2, 0.25) is 0 Å². The molecule has 8 heteroatoms. The molecule has 1 aliphatic rings. The minimum absolute atomic E-state index is 0.0704. The van der Waals surface area contributed by atoms with Gasteiger partial charge in [0.1, 0.15) is 0 Å². The molecule has 114 valence electrons. The van der Waals surface area contributed by atoms with Crippen molar-refractivity contribution in [2.24, 2.45) is 5.92 Å². The molecule has 0 saturated heterocycles. The summed E-state index contributed by atoms with van der Waals surface area (Å²) in [5, 5.41) is 0.882. The summed E-state index contributed by atoms with van der Waals surface area (Å²) >= 11 is 3.38. The van der Waals surface area contributed by atoms with E-state index in [2.05, 4.69) is 30.6 Å². The third kappa shape index (κ3) is 3.75. The van der Waals surface area contributed by atoms with Gasteiger partial charge in [0, 0.05) is 18.2 Å². The summed E-state index contributed by atoms with van der Waals surface area (Å²) in [6.07, 6.45) is 5.76. The molecular formula is C13H16BrN3O3S. The minimum atomic E-state index is -3.46. The number of fused-ring (bicyclic) bond motifs is 1. The lowest BCUT2D eigenvalue weighted by Gasteiger charge is -2.09. The fourth-order valence-corrected chi connectivity index (χ4v) is 3.53. The third-order valence-electron chi connectivity index (χ3n) is 3.35. The number of hydrogen-bond donors (Lipinski definition) is 2. The molecule has 2 heterocycles. The predicted molar refractivity (Wildman–Crippen MR) is 84.7 cm³/mol.